The van der Waals surface area contributed by atoms with Gasteiger partial charge in [-0.3, -0.25) is 0 Å². The lowest BCUT2D eigenvalue weighted by molar-refractivity contribution is 0.198. The molecule has 4 heteroatoms. The molecular weight excluding hydrogens is 260 g/mol. The standard InChI is InChI=1S/C17H30N4/c1-6-9-18-16-19-13(2)12-15(20-16)21-10-7-14(8-11-21)17(3,4)5/h12,14H,6-11H2,1-5H3,(H,18,19,20). The number of anilines is 2. The molecule has 0 spiro atoms. The van der Waals surface area contributed by atoms with Crippen LogP contribution < -0.4 is 10.2 Å². The van der Waals surface area contributed by atoms with Crippen LogP contribution in [0, 0.1) is 18.3 Å². The highest BCUT2D eigenvalue weighted by molar-refractivity contribution is 5.45. The van der Waals surface area contributed by atoms with Gasteiger partial charge < -0.3 is 10.2 Å². The van der Waals surface area contributed by atoms with Gasteiger partial charge in [-0.05, 0) is 37.5 Å². The van der Waals surface area contributed by atoms with Crippen LogP contribution in [0.1, 0.15) is 52.7 Å². The van der Waals surface area contributed by atoms with Crippen molar-refractivity contribution in [2.24, 2.45) is 11.3 Å². The van der Waals surface area contributed by atoms with Gasteiger partial charge in [-0.15, -0.1) is 0 Å². The fourth-order valence-electron chi connectivity index (χ4n) is 3.00. The van der Waals surface area contributed by atoms with E-state index in [1.807, 2.05) is 6.92 Å². The summed E-state index contributed by atoms with van der Waals surface area (Å²) in [4.78, 5) is 11.6. The average molecular weight is 290 g/mol. The minimum atomic E-state index is 0.418. The van der Waals surface area contributed by atoms with E-state index >= 15 is 0 Å². The quantitative estimate of drug-likeness (QED) is 0.914. The molecule has 1 N–H and O–H groups in total. The number of piperidine rings is 1. The molecule has 1 aliphatic heterocycles. The second-order valence-corrected chi connectivity index (χ2v) is 7.25. The van der Waals surface area contributed by atoms with Crippen LogP contribution in [0.3, 0.4) is 0 Å². The van der Waals surface area contributed by atoms with E-state index < -0.39 is 0 Å². The molecule has 4 nitrogen and oxygen atoms in total. The monoisotopic (exact) mass is 290 g/mol. The van der Waals surface area contributed by atoms with Gasteiger partial charge in [0.2, 0.25) is 5.95 Å². The Balaban J connectivity index is 2.04. The summed E-state index contributed by atoms with van der Waals surface area (Å²) in [5.41, 5.74) is 1.46. The first kappa shape index (κ1) is 16.1. The predicted molar refractivity (Wildman–Crippen MR) is 89.9 cm³/mol. The van der Waals surface area contributed by atoms with Crippen LogP contribution in [0.25, 0.3) is 0 Å². The Morgan fingerprint density at radius 2 is 1.90 bits per heavy atom. The molecule has 0 radical (unpaired) electrons. The van der Waals surface area contributed by atoms with Crippen molar-refractivity contribution in [2.45, 2.75) is 53.9 Å². The maximum Gasteiger partial charge on any atom is 0.224 e. The first-order valence-corrected chi connectivity index (χ1v) is 8.24. The molecule has 2 rings (SSSR count). The molecule has 21 heavy (non-hydrogen) atoms. The minimum Gasteiger partial charge on any atom is -0.356 e. The van der Waals surface area contributed by atoms with E-state index in [4.69, 9.17) is 0 Å². The molecule has 0 unspecified atom stereocenters. The Labute approximate surface area is 129 Å². The molecule has 1 aromatic heterocycles. The van der Waals surface area contributed by atoms with Crippen molar-refractivity contribution in [3.63, 3.8) is 0 Å². The number of aromatic nitrogens is 2. The minimum absolute atomic E-state index is 0.418. The van der Waals surface area contributed by atoms with Crippen LogP contribution in [0.5, 0.6) is 0 Å². The molecule has 1 aromatic rings. The van der Waals surface area contributed by atoms with Crippen molar-refractivity contribution >= 4 is 11.8 Å². The summed E-state index contributed by atoms with van der Waals surface area (Å²) in [7, 11) is 0. The summed E-state index contributed by atoms with van der Waals surface area (Å²) in [5.74, 6) is 2.66. The summed E-state index contributed by atoms with van der Waals surface area (Å²) in [6.07, 6.45) is 3.60. The number of aryl methyl sites for hydroxylation is 1. The van der Waals surface area contributed by atoms with E-state index in [-0.39, 0.29) is 0 Å². The van der Waals surface area contributed by atoms with E-state index in [0.29, 0.717) is 5.41 Å². The predicted octanol–water partition coefficient (Wildman–Crippen LogP) is 3.87. The lowest BCUT2D eigenvalue weighted by Gasteiger charge is -2.39. The summed E-state index contributed by atoms with van der Waals surface area (Å²) in [5, 5.41) is 3.30. The van der Waals surface area contributed by atoms with E-state index in [9.17, 15) is 0 Å². The lowest BCUT2D eigenvalue weighted by atomic mass is 9.75. The lowest BCUT2D eigenvalue weighted by Crippen LogP contribution is -2.38. The number of rotatable bonds is 4. The summed E-state index contributed by atoms with van der Waals surface area (Å²) >= 11 is 0. The van der Waals surface area contributed by atoms with Gasteiger partial charge in [0.25, 0.3) is 0 Å². The molecule has 1 aliphatic rings. The molecule has 1 saturated heterocycles. The largest absolute Gasteiger partial charge is 0.356 e. The molecule has 2 heterocycles. The van der Waals surface area contributed by atoms with Crippen molar-refractivity contribution in [3.8, 4) is 0 Å². The maximum atomic E-state index is 4.69. The molecule has 118 valence electrons. The maximum absolute atomic E-state index is 4.69. The number of hydrogen-bond donors (Lipinski definition) is 1. The van der Waals surface area contributed by atoms with Gasteiger partial charge in [-0.1, -0.05) is 27.7 Å². The van der Waals surface area contributed by atoms with Gasteiger partial charge >= 0.3 is 0 Å². The smallest absolute Gasteiger partial charge is 0.224 e. The first-order valence-electron chi connectivity index (χ1n) is 8.24. The highest BCUT2D eigenvalue weighted by Crippen LogP contribution is 2.35. The van der Waals surface area contributed by atoms with E-state index in [1.165, 1.54) is 12.8 Å². The number of nitrogens with one attached hydrogen (secondary N) is 1. The summed E-state index contributed by atoms with van der Waals surface area (Å²) < 4.78 is 0. The van der Waals surface area contributed by atoms with Crippen LogP contribution in [0.15, 0.2) is 6.07 Å². The third-order valence-electron chi connectivity index (χ3n) is 4.42. The Bertz CT molecular complexity index is 456. The normalized spacial score (nSPS) is 17.1. The van der Waals surface area contributed by atoms with Gasteiger partial charge in [0.05, 0.1) is 0 Å². The SMILES string of the molecule is CCCNc1nc(C)cc(N2CCC(C(C)(C)C)CC2)n1. The average Bonchev–Trinajstić information content (AvgIpc) is 2.44. The van der Waals surface area contributed by atoms with E-state index in [0.717, 1.165) is 49.4 Å². The number of hydrogen-bond acceptors (Lipinski definition) is 4. The van der Waals surface area contributed by atoms with Gasteiger partial charge in [-0.25, -0.2) is 4.98 Å². The van der Waals surface area contributed by atoms with Crippen LogP contribution in [-0.2, 0) is 0 Å². The van der Waals surface area contributed by atoms with Crippen LogP contribution in [-0.4, -0.2) is 29.6 Å². The Morgan fingerprint density at radius 1 is 1.24 bits per heavy atom. The third kappa shape index (κ3) is 4.32. The highest BCUT2D eigenvalue weighted by atomic mass is 15.2. The molecule has 0 aromatic carbocycles. The Hall–Kier alpha value is -1.32. The van der Waals surface area contributed by atoms with Crippen molar-refractivity contribution in [2.75, 3.05) is 29.9 Å². The first-order chi connectivity index (χ1) is 9.90. The zero-order valence-electron chi connectivity index (χ0n) is 14.2. The Kier molecular flexibility index (Phi) is 5.07. The molecule has 1 fully saturated rings. The van der Waals surface area contributed by atoms with Crippen molar-refractivity contribution in [1.82, 2.24) is 9.97 Å². The van der Waals surface area contributed by atoms with E-state index in [1.54, 1.807) is 0 Å². The van der Waals surface area contributed by atoms with Gasteiger partial charge in [0.15, 0.2) is 0 Å². The molecule has 0 amide bonds. The van der Waals surface area contributed by atoms with Crippen molar-refractivity contribution in [3.05, 3.63) is 11.8 Å². The summed E-state index contributed by atoms with van der Waals surface area (Å²) in [6, 6.07) is 2.11. The zero-order valence-corrected chi connectivity index (χ0v) is 14.2. The molecule has 0 saturated carbocycles. The fraction of sp³-hybridized carbons (Fsp3) is 0.765. The van der Waals surface area contributed by atoms with Gasteiger partial charge in [0.1, 0.15) is 5.82 Å². The molecular formula is C17H30N4. The highest BCUT2D eigenvalue weighted by Gasteiger charge is 2.29. The number of nitrogens with zero attached hydrogens (tertiary/aromatic N) is 3. The topological polar surface area (TPSA) is 41.1 Å². The van der Waals surface area contributed by atoms with Gasteiger partial charge in [-0.2, -0.15) is 4.98 Å². The molecule has 0 bridgehead atoms. The second kappa shape index (κ2) is 6.63. The van der Waals surface area contributed by atoms with Crippen LogP contribution >= 0.6 is 0 Å². The van der Waals surface area contributed by atoms with Crippen LogP contribution in [0.4, 0.5) is 11.8 Å². The fourth-order valence-corrected chi connectivity index (χ4v) is 3.00. The summed E-state index contributed by atoms with van der Waals surface area (Å²) in [6.45, 7) is 14.4. The van der Waals surface area contributed by atoms with Gasteiger partial charge in [0, 0.05) is 31.4 Å². The third-order valence-corrected chi connectivity index (χ3v) is 4.42. The zero-order chi connectivity index (χ0) is 15.5. The molecule has 0 atom stereocenters. The van der Waals surface area contributed by atoms with E-state index in [2.05, 4.69) is 53.9 Å². The van der Waals surface area contributed by atoms with Crippen molar-refractivity contribution in [1.29, 1.82) is 0 Å². The van der Waals surface area contributed by atoms with Crippen molar-refractivity contribution < 1.29 is 0 Å². The second-order valence-electron chi connectivity index (χ2n) is 7.25. The molecule has 0 aliphatic carbocycles. The van der Waals surface area contributed by atoms with Crippen LogP contribution in [0.2, 0.25) is 0 Å². The Morgan fingerprint density at radius 3 is 2.48 bits per heavy atom.